The Bertz CT molecular complexity index is 849. The first-order valence-electron chi connectivity index (χ1n) is 10.7. The predicted octanol–water partition coefficient (Wildman–Crippen LogP) is 4.10. The fourth-order valence-corrected chi connectivity index (χ4v) is 3.15. The summed E-state index contributed by atoms with van der Waals surface area (Å²) in [4.78, 5) is 27.3. The van der Waals surface area contributed by atoms with Crippen molar-refractivity contribution in [2.45, 2.75) is 59.2 Å². The molecule has 0 aliphatic carbocycles. The van der Waals surface area contributed by atoms with Gasteiger partial charge in [-0.1, -0.05) is 29.8 Å². The van der Waals surface area contributed by atoms with Crippen molar-refractivity contribution in [3.05, 3.63) is 59.7 Å². The quantitative estimate of drug-likeness (QED) is 0.549. The lowest BCUT2D eigenvalue weighted by Crippen LogP contribution is -2.49. The van der Waals surface area contributed by atoms with Crippen molar-refractivity contribution >= 4 is 11.8 Å². The summed E-state index contributed by atoms with van der Waals surface area (Å²) in [5.41, 5.74) is 2.08. The molecule has 1 N–H and O–H groups in total. The topological polar surface area (TPSA) is 67.9 Å². The molecule has 0 spiro atoms. The molecule has 0 unspecified atom stereocenters. The predicted molar refractivity (Wildman–Crippen MR) is 122 cm³/mol. The summed E-state index contributed by atoms with van der Waals surface area (Å²) in [7, 11) is 1.61. The maximum atomic E-state index is 13.0. The van der Waals surface area contributed by atoms with E-state index >= 15 is 0 Å². The van der Waals surface area contributed by atoms with Crippen molar-refractivity contribution in [1.82, 2.24) is 10.2 Å². The van der Waals surface area contributed by atoms with Crippen LogP contribution in [0.5, 0.6) is 11.5 Å². The van der Waals surface area contributed by atoms with Gasteiger partial charge in [0.1, 0.15) is 17.5 Å². The second-order valence-corrected chi connectivity index (χ2v) is 7.98. The lowest BCUT2D eigenvalue weighted by molar-refractivity contribution is -0.141. The average Bonchev–Trinajstić information content (AvgIpc) is 2.75. The number of nitrogens with zero attached hydrogens (tertiary/aromatic N) is 1. The van der Waals surface area contributed by atoms with Crippen molar-refractivity contribution in [1.29, 1.82) is 0 Å². The molecule has 2 aromatic rings. The smallest absolute Gasteiger partial charge is 0.242 e. The number of rotatable bonds is 11. The Morgan fingerprint density at radius 2 is 1.74 bits per heavy atom. The number of carbonyl (C=O) groups is 2. The molecule has 2 rings (SSSR count). The highest BCUT2D eigenvalue weighted by atomic mass is 16.5. The second kappa shape index (κ2) is 12.0. The zero-order valence-corrected chi connectivity index (χ0v) is 19.2. The highest BCUT2D eigenvalue weighted by Crippen LogP contribution is 2.17. The largest absolute Gasteiger partial charge is 0.497 e. The van der Waals surface area contributed by atoms with E-state index in [1.807, 2.05) is 69.3 Å². The highest BCUT2D eigenvalue weighted by molar-refractivity contribution is 5.87. The van der Waals surface area contributed by atoms with E-state index < -0.39 is 6.04 Å². The molecule has 6 heteroatoms. The van der Waals surface area contributed by atoms with Crippen molar-refractivity contribution in [2.24, 2.45) is 0 Å². The Morgan fingerprint density at radius 3 is 2.39 bits per heavy atom. The molecule has 2 aromatic carbocycles. The fraction of sp³-hybridized carbons (Fsp3) is 0.440. The van der Waals surface area contributed by atoms with Crippen molar-refractivity contribution in [2.75, 3.05) is 13.7 Å². The van der Waals surface area contributed by atoms with Crippen LogP contribution in [0.25, 0.3) is 0 Å². The molecule has 0 aliphatic rings. The minimum atomic E-state index is -0.584. The van der Waals surface area contributed by atoms with Crippen LogP contribution in [0.15, 0.2) is 48.5 Å². The van der Waals surface area contributed by atoms with Gasteiger partial charge in [-0.2, -0.15) is 0 Å². The van der Waals surface area contributed by atoms with Crippen molar-refractivity contribution in [3.63, 3.8) is 0 Å². The molecule has 0 saturated carbocycles. The van der Waals surface area contributed by atoms with Crippen LogP contribution in [0.4, 0.5) is 0 Å². The zero-order valence-electron chi connectivity index (χ0n) is 19.2. The van der Waals surface area contributed by atoms with E-state index in [1.165, 1.54) is 5.56 Å². The first kappa shape index (κ1) is 24.3. The number of nitrogens with one attached hydrogen (secondary N) is 1. The molecule has 0 aromatic heterocycles. The second-order valence-electron chi connectivity index (χ2n) is 7.98. The van der Waals surface area contributed by atoms with Crippen LogP contribution >= 0.6 is 0 Å². The third kappa shape index (κ3) is 7.96. The van der Waals surface area contributed by atoms with Crippen molar-refractivity contribution in [3.8, 4) is 11.5 Å². The lowest BCUT2D eigenvalue weighted by Gasteiger charge is -2.29. The molecule has 0 bridgehead atoms. The zero-order chi connectivity index (χ0) is 22.8. The van der Waals surface area contributed by atoms with E-state index in [0.717, 1.165) is 17.1 Å². The average molecular weight is 427 g/mol. The molecule has 6 nitrogen and oxygen atoms in total. The van der Waals surface area contributed by atoms with Crippen LogP contribution in [-0.4, -0.2) is 42.5 Å². The molecule has 31 heavy (non-hydrogen) atoms. The fourth-order valence-electron chi connectivity index (χ4n) is 3.15. The summed E-state index contributed by atoms with van der Waals surface area (Å²) in [6.07, 6.45) is 0.870. The van der Waals surface area contributed by atoms with Crippen LogP contribution in [0.2, 0.25) is 0 Å². The lowest BCUT2D eigenvalue weighted by atomic mass is 10.1. The van der Waals surface area contributed by atoms with E-state index in [0.29, 0.717) is 26.0 Å². The SMILES string of the molecule is COc1cccc(CN(C(=O)CCCOc2ccc(C)cc2)[C@@H](C)C(=O)NC(C)C)c1. The van der Waals surface area contributed by atoms with Gasteiger partial charge in [0, 0.05) is 19.0 Å². The summed E-state index contributed by atoms with van der Waals surface area (Å²) in [5.74, 6) is 1.26. The van der Waals surface area contributed by atoms with Gasteiger partial charge in [-0.25, -0.2) is 0 Å². The third-order valence-electron chi connectivity index (χ3n) is 4.91. The number of methoxy groups -OCH3 is 1. The minimum absolute atomic E-state index is 0.00614. The summed E-state index contributed by atoms with van der Waals surface area (Å²) in [6, 6.07) is 14.8. The van der Waals surface area contributed by atoms with Crippen LogP contribution < -0.4 is 14.8 Å². The highest BCUT2D eigenvalue weighted by Gasteiger charge is 2.26. The van der Waals surface area contributed by atoms with Gasteiger partial charge in [0.05, 0.1) is 13.7 Å². The molecule has 0 radical (unpaired) electrons. The van der Waals surface area contributed by atoms with E-state index in [2.05, 4.69) is 5.32 Å². The summed E-state index contributed by atoms with van der Waals surface area (Å²) < 4.78 is 11.0. The summed E-state index contributed by atoms with van der Waals surface area (Å²) in [6.45, 7) is 8.37. The van der Waals surface area contributed by atoms with Crippen molar-refractivity contribution < 1.29 is 19.1 Å². The Kier molecular flexibility index (Phi) is 9.38. The van der Waals surface area contributed by atoms with E-state index in [4.69, 9.17) is 9.47 Å². The Balaban J connectivity index is 2.02. The molecule has 168 valence electrons. The monoisotopic (exact) mass is 426 g/mol. The summed E-state index contributed by atoms with van der Waals surface area (Å²) >= 11 is 0. The van der Waals surface area contributed by atoms with Crippen LogP contribution in [0, 0.1) is 6.92 Å². The number of benzene rings is 2. The standard InChI is InChI=1S/C25H34N2O4/c1-18(2)26-25(29)20(4)27(17-21-8-6-9-23(16-21)30-5)24(28)10-7-15-31-22-13-11-19(3)12-14-22/h6,8-9,11-14,16,18,20H,7,10,15,17H2,1-5H3,(H,26,29)/t20-/m0/s1. The van der Waals surface area contributed by atoms with Gasteiger partial charge in [-0.15, -0.1) is 0 Å². The molecular formula is C25H34N2O4. The molecular weight excluding hydrogens is 392 g/mol. The van der Waals surface area contributed by atoms with Gasteiger partial charge in [0.25, 0.3) is 0 Å². The van der Waals surface area contributed by atoms with Crippen LogP contribution in [-0.2, 0) is 16.1 Å². The molecule has 1 atom stereocenters. The van der Waals surface area contributed by atoms with E-state index in [-0.39, 0.29) is 17.9 Å². The van der Waals surface area contributed by atoms with Gasteiger partial charge in [0.15, 0.2) is 0 Å². The van der Waals surface area contributed by atoms with Gasteiger partial charge < -0.3 is 19.7 Å². The van der Waals surface area contributed by atoms with E-state index in [1.54, 1.807) is 18.9 Å². The molecule has 0 aliphatic heterocycles. The molecule has 0 heterocycles. The van der Waals surface area contributed by atoms with Gasteiger partial charge in [-0.3, -0.25) is 9.59 Å². The first-order chi connectivity index (χ1) is 14.8. The summed E-state index contributed by atoms with van der Waals surface area (Å²) in [5, 5.41) is 2.90. The number of amides is 2. The number of hydrogen-bond donors (Lipinski definition) is 1. The Labute approximate surface area is 185 Å². The molecule has 0 fully saturated rings. The maximum Gasteiger partial charge on any atom is 0.242 e. The van der Waals surface area contributed by atoms with Crippen LogP contribution in [0.3, 0.4) is 0 Å². The maximum absolute atomic E-state index is 13.0. The normalized spacial score (nSPS) is 11.7. The van der Waals surface area contributed by atoms with Gasteiger partial charge >= 0.3 is 0 Å². The number of aryl methyl sites for hydroxylation is 1. The first-order valence-corrected chi connectivity index (χ1v) is 10.7. The number of carbonyl (C=O) groups excluding carboxylic acids is 2. The van der Waals surface area contributed by atoms with E-state index in [9.17, 15) is 9.59 Å². The minimum Gasteiger partial charge on any atom is -0.497 e. The Hall–Kier alpha value is -3.02. The Morgan fingerprint density at radius 1 is 1.03 bits per heavy atom. The van der Waals surface area contributed by atoms with Crippen LogP contribution in [0.1, 0.15) is 44.7 Å². The molecule has 2 amide bonds. The third-order valence-corrected chi connectivity index (χ3v) is 4.91. The number of hydrogen-bond acceptors (Lipinski definition) is 4. The molecule has 0 saturated heterocycles. The van der Waals surface area contributed by atoms with Gasteiger partial charge in [-0.05, 0) is 63.9 Å². The van der Waals surface area contributed by atoms with Gasteiger partial charge in [0.2, 0.25) is 11.8 Å². The number of ether oxygens (including phenoxy) is 2.